The molecule has 0 spiro atoms. The van der Waals surface area contributed by atoms with Crippen molar-refractivity contribution in [1.29, 1.82) is 0 Å². The maximum absolute atomic E-state index is 5.63. The van der Waals surface area contributed by atoms with E-state index >= 15 is 0 Å². The molecule has 1 aromatic heterocycles. The van der Waals surface area contributed by atoms with Gasteiger partial charge in [0.1, 0.15) is 0 Å². The van der Waals surface area contributed by atoms with Gasteiger partial charge in [-0.2, -0.15) is 0 Å². The van der Waals surface area contributed by atoms with Crippen molar-refractivity contribution in [2.45, 2.75) is 26.3 Å². The van der Waals surface area contributed by atoms with Crippen LogP contribution in [0.5, 0.6) is 0 Å². The molecule has 1 aliphatic carbocycles. The zero-order valence-electron chi connectivity index (χ0n) is 8.79. The highest BCUT2D eigenvalue weighted by atomic mass is 32.1. The first-order valence-electron chi connectivity index (χ1n) is 5.08. The number of aromatic nitrogens is 1. The first kappa shape index (κ1) is 9.93. The summed E-state index contributed by atoms with van der Waals surface area (Å²) in [4.78, 5) is 8.00. The highest BCUT2D eigenvalue weighted by Gasteiger charge is 2.24. The molecule has 1 aromatic rings. The summed E-state index contributed by atoms with van der Waals surface area (Å²) in [5.41, 5.74) is 6.72. The second-order valence-corrected chi connectivity index (χ2v) is 5.10. The van der Waals surface area contributed by atoms with E-state index in [-0.39, 0.29) is 0 Å². The summed E-state index contributed by atoms with van der Waals surface area (Å²) in [5.74, 6) is 0.908. The Kier molecular flexibility index (Phi) is 2.74. The van der Waals surface area contributed by atoms with E-state index in [9.17, 15) is 0 Å². The van der Waals surface area contributed by atoms with Gasteiger partial charge in [0.15, 0.2) is 5.13 Å². The van der Waals surface area contributed by atoms with Gasteiger partial charge in [-0.1, -0.05) is 0 Å². The third kappa shape index (κ3) is 2.07. The van der Waals surface area contributed by atoms with Crippen LogP contribution in [0.4, 0.5) is 5.13 Å². The number of hydrogen-bond acceptors (Lipinski definition) is 4. The van der Waals surface area contributed by atoms with E-state index < -0.39 is 0 Å². The van der Waals surface area contributed by atoms with Gasteiger partial charge < -0.3 is 10.6 Å². The lowest BCUT2D eigenvalue weighted by atomic mass is 10.4. The fraction of sp³-hybridized carbons (Fsp3) is 0.700. The molecule has 1 aliphatic rings. The molecule has 0 bridgehead atoms. The molecule has 0 saturated heterocycles. The van der Waals surface area contributed by atoms with Crippen LogP contribution in [0.15, 0.2) is 0 Å². The van der Waals surface area contributed by atoms with E-state index in [1.807, 2.05) is 6.92 Å². The molecule has 1 heterocycles. The summed E-state index contributed by atoms with van der Waals surface area (Å²) in [6, 6.07) is 0. The second kappa shape index (κ2) is 3.87. The van der Waals surface area contributed by atoms with E-state index in [0.717, 1.165) is 23.3 Å². The van der Waals surface area contributed by atoms with Crippen LogP contribution in [0.2, 0.25) is 0 Å². The highest BCUT2D eigenvalue weighted by molar-refractivity contribution is 7.15. The Morgan fingerprint density at radius 3 is 2.79 bits per heavy atom. The smallest absolute Gasteiger partial charge is 0.185 e. The zero-order chi connectivity index (χ0) is 10.1. The molecule has 4 heteroatoms. The highest BCUT2D eigenvalue weighted by Crippen LogP contribution is 2.32. The van der Waals surface area contributed by atoms with Crippen LogP contribution >= 0.6 is 11.3 Å². The van der Waals surface area contributed by atoms with Crippen molar-refractivity contribution in [3.63, 3.8) is 0 Å². The molecule has 1 saturated carbocycles. The summed E-state index contributed by atoms with van der Waals surface area (Å²) < 4.78 is 0. The minimum atomic E-state index is 0.612. The molecule has 14 heavy (non-hydrogen) atoms. The molecule has 1 fully saturated rings. The quantitative estimate of drug-likeness (QED) is 0.825. The summed E-state index contributed by atoms with van der Waals surface area (Å²) in [6.45, 7) is 3.80. The van der Waals surface area contributed by atoms with Crippen LogP contribution in [0.1, 0.15) is 23.4 Å². The van der Waals surface area contributed by atoms with Crippen molar-refractivity contribution in [2.75, 3.05) is 18.5 Å². The fourth-order valence-electron chi connectivity index (χ4n) is 1.53. The van der Waals surface area contributed by atoms with Crippen LogP contribution in [-0.4, -0.2) is 18.6 Å². The fourth-order valence-corrected chi connectivity index (χ4v) is 2.44. The summed E-state index contributed by atoms with van der Waals surface area (Å²) in [6.07, 6.45) is 2.77. The predicted octanol–water partition coefficient (Wildman–Crippen LogP) is 1.76. The lowest BCUT2D eigenvalue weighted by Gasteiger charge is -2.14. The topological polar surface area (TPSA) is 42.2 Å². The van der Waals surface area contributed by atoms with Crippen molar-refractivity contribution in [3.8, 4) is 0 Å². The normalized spacial score (nSPS) is 15.9. The molecular formula is C10H17N3S. The SMILES string of the molecule is Cc1nc(N(C)CC2CC2)sc1CN. The molecule has 2 rings (SSSR count). The first-order chi connectivity index (χ1) is 6.70. The Bertz CT molecular complexity index is 317. The largest absolute Gasteiger partial charge is 0.351 e. The second-order valence-electron chi connectivity index (χ2n) is 4.03. The van der Waals surface area contributed by atoms with Gasteiger partial charge in [-0.15, -0.1) is 11.3 Å². The van der Waals surface area contributed by atoms with E-state index in [1.54, 1.807) is 11.3 Å². The summed E-state index contributed by atoms with van der Waals surface area (Å²) >= 11 is 1.73. The monoisotopic (exact) mass is 211 g/mol. The van der Waals surface area contributed by atoms with Crippen molar-refractivity contribution in [3.05, 3.63) is 10.6 Å². The van der Waals surface area contributed by atoms with Crippen molar-refractivity contribution in [2.24, 2.45) is 11.7 Å². The van der Waals surface area contributed by atoms with Gasteiger partial charge in [0.2, 0.25) is 0 Å². The molecular weight excluding hydrogens is 194 g/mol. The molecule has 78 valence electrons. The number of thiazole rings is 1. The Balaban J connectivity index is 2.06. The Morgan fingerprint density at radius 2 is 2.29 bits per heavy atom. The number of nitrogens with zero attached hydrogens (tertiary/aromatic N) is 2. The van der Waals surface area contributed by atoms with Crippen molar-refractivity contribution in [1.82, 2.24) is 4.98 Å². The number of nitrogens with two attached hydrogens (primary N) is 1. The van der Waals surface area contributed by atoms with Crippen LogP contribution in [0, 0.1) is 12.8 Å². The summed E-state index contributed by atoms with van der Waals surface area (Å²) in [7, 11) is 2.12. The zero-order valence-corrected chi connectivity index (χ0v) is 9.60. The Labute approximate surface area is 88.9 Å². The minimum absolute atomic E-state index is 0.612. The van der Waals surface area contributed by atoms with Crippen LogP contribution in [-0.2, 0) is 6.54 Å². The third-order valence-corrected chi connectivity index (χ3v) is 3.92. The maximum Gasteiger partial charge on any atom is 0.185 e. The molecule has 0 unspecified atom stereocenters. The third-order valence-electron chi connectivity index (χ3n) is 2.62. The van der Waals surface area contributed by atoms with Gasteiger partial charge in [-0.25, -0.2) is 4.98 Å². The van der Waals surface area contributed by atoms with Gasteiger partial charge in [-0.3, -0.25) is 0 Å². The van der Waals surface area contributed by atoms with Gasteiger partial charge in [0.05, 0.1) is 5.69 Å². The Hall–Kier alpha value is -0.610. The standard InChI is InChI=1S/C10H17N3S/c1-7-9(5-11)14-10(12-7)13(2)6-8-3-4-8/h8H,3-6,11H2,1-2H3. The van der Waals surface area contributed by atoms with Gasteiger partial charge >= 0.3 is 0 Å². The van der Waals surface area contributed by atoms with E-state index in [1.165, 1.54) is 17.7 Å². The number of hydrogen-bond donors (Lipinski definition) is 1. The van der Waals surface area contributed by atoms with Crippen LogP contribution in [0.25, 0.3) is 0 Å². The van der Waals surface area contributed by atoms with Gasteiger partial charge in [-0.05, 0) is 25.7 Å². The number of aryl methyl sites for hydroxylation is 1. The van der Waals surface area contributed by atoms with Gasteiger partial charge in [0.25, 0.3) is 0 Å². The predicted molar refractivity (Wildman–Crippen MR) is 60.7 cm³/mol. The van der Waals surface area contributed by atoms with E-state index in [2.05, 4.69) is 16.9 Å². The Morgan fingerprint density at radius 1 is 1.57 bits per heavy atom. The first-order valence-corrected chi connectivity index (χ1v) is 5.90. The van der Waals surface area contributed by atoms with E-state index in [0.29, 0.717) is 6.54 Å². The van der Waals surface area contributed by atoms with Crippen molar-refractivity contribution < 1.29 is 0 Å². The molecule has 0 radical (unpaired) electrons. The lowest BCUT2D eigenvalue weighted by Crippen LogP contribution is -2.19. The molecule has 2 N–H and O–H groups in total. The van der Waals surface area contributed by atoms with Gasteiger partial charge in [0, 0.05) is 25.0 Å². The summed E-state index contributed by atoms with van der Waals surface area (Å²) in [5, 5.41) is 1.12. The van der Waals surface area contributed by atoms with Crippen LogP contribution in [0.3, 0.4) is 0 Å². The van der Waals surface area contributed by atoms with Crippen molar-refractivity contribution >= 4 is 16.5 Å². The van der Waals surface area contributed by atoms with E-state index in [4.69, 9.17) is 5.73 Å². The lowest BCUT2D eigenvalue weighted by molar-refractivity contribution is 0.783. The minimum Gasteiger partial charge on any atom is -0.351 e. The van der Waals surface area contributed by atoms with Crippen LogP contribution < -0.4 is 10.6 Å². The molecule has 0 atom stereocenters. The molecule has 0 aliphatic heterocycles. The number of rotatable bonds is 4. The average Bonchev–Trinajstić information content (AvgIpc) is 2.87. The molecule has 0 amide bonds. The average molecular weight is 211 g/mol. The number of anilines is 1. The molecule has 3 nitrogen and oxygen atoms in total. The maximum atomic E-state index is 5.63. The molecule has 0 aromatic carbocycles.